The lowest BCUT2D eigenvalue weighted by atomic mass is 10.1. The fourth-order valence-electron chi connectivity index (χ4n) is 3.35. The van der Waals surface area contributed by atoms with E-state index < -0.39 is 29.4 Å². The average molecular weight is 514 g/mol. The largest absolute Gasteiger partial charge is 0.508 e. The van der Waals surface area contributed by atoms with E-state index in [9.17, 15) is 34.5 Å². The number of aromatic hydroxyl groups is 1. The second-order valence-corrected chi connectivity index (χ2v) is 7.71. The number of rotatable bonds is 8. The normalized spacial score (nSPS) is 10.3. The summed E-state index contributed by atoms with van der Waals surface area (Å²) in [7, 11) is 0. The van der Waals surface area contributed by atoms with Crippen molar-refractivity contribution in [1.29, 1.82) is 0 Å². The van der Waals surface area contributed by atoms with Gasteiger partial charge in [-0.15, -0.1) is 0 Å². The highest BCUT2D eigenvalue weighted by molar-refractivity contribution is 6.04. The maximum absolute atomic E-state index is 12.4. The van der Waals surface area contributed by atoms with E-state index in [1.807, 2.05) is 0 Å². The van der Waals surface area contributed by atoms with Crippen molar-refractivity contribution < 1.29 is 48.7 Å². The molecule has 0 radical (unpaired) electrons. The summed E-state index contributed by atoms with van der Waals surface area (Å²) in [5.41, 5.74) is -0.860. The Labute approximate surface area is 214 Å². The van der Waals surface area contributed by atoms with E-state index in [1.54, 1.807) is 0 Å². The fourth-order valence-corrected chi connectivity index (χ4v) is 3.35. The topological polar surface area (TPSA) is 157 Å². The van der Waals surface area contributed by atoms with Crippen molar-refractivity contribution in [3.8, 4) is 28.7 Å². The van der Waals surface area contributed by atoms with Gasteiger partial charge < -0.3 is 29.5 Å². The smallest absolute Gasteiger partial charge is 0.344 e. The van der Waals surface area contributed by atoms with Crippen LogP contribution in [0, 0.1) is 0 Å². The first kappa shape index (κ1) is 25.5. The lowest BCUT2D eigenvalue weighted by Gasteiger charge is -2.10. The number of carboxylic acid groups (broad SMARTS) is 2. The quantitative estimate of drug-likeness (QED) is 0.215. The van der Waals surface area contributed by atoms with Gasteiger partial charge in [-0.1, -0.05) is 12.1 Å². The third kappa shape index (κ3) is 5.94. The summed E-state index contributed by atoms with van der Waals surface area (Å²) in [5.74, 6) is -3.55. The summed E-state index contributed by atoms with van der Waals surface area (Å²) in [6, 6.07) is 21.0. The second-order valence-electron chi connectivity index (χ2n) is 7.71. The van der Waals surface area contributed by atoms with Crippen LogP contribution in [0.4, 0.5) is 0 Å². The minimum absolute atomic E-state index is 0.0780. The first-order valence-corrected chi connectivity index (χ1v) is 10.9. The first-order chi connectivity index (χ1) is 18.2. The van der Waals surface area contributed by atoms with Crippen LogP contribution in [0.5, 0.6) is 28.7 Å². The number of phenolic OH excluding ortho intramolecular Hbond substituents is 1. The molecule has 4 aromatic rings. The summed E-state index contributed by atoms with van der Waals surface area (Å²) in [6.45, 7) is 0. The zero-order valence-electron chi connectivity index (χ0n) is 19.4. The highest BCUT2D eigenvalue weighted by Crippen LogP contribution is 2.27. The summed E-state index contributed by atoms with van der Waals surface area (Å²) in [5, 5.41) is 27.9. The molecule has 0 aliphatic rings. The van der Waals surface area contributed by atoms with E-state index in [0.717, 1.165) is 12.1 Å². The van der Waals surface area contributed by atoms with Gasteiger partial charge in [0.1, 0.15) is 28.7 Å². The van der Waals surface area contributed by atoms with Crippen molar-refractivity contribution in [2.75, 3.05) is 0 Å². The van der Waals surface area contributed by atoms with Gasteiger partial charge in [-0.25, -0.2) is 19.2 Å². The van der Waals surface area contributed by atoms with E-state index in [1.165, 1.54) is 78.9 Å². The van der Waals surface area contributed by atoms with Crippen LogP contribution in [0.15, 0.2) is 91.0 Å². The molecule has 0 saturated carbocycles. The van der Waals surface area contributed by atoms with Gasteiger partial charge in [-0.2, -0.15) is 0 Å². The molecule has 0 aliphatic heterocycles. The molecule has 0 spiro atoms. The van der Waals surface area contributed by atoms with E-state index >= 15 is 0 Å². The number of phenols is 1. The third-order valence-corrected chi connectivity index (χ3v) is 5.14. The monoisotopic (exact) mass is 514 g/mol. The van der Waals surface area contributed by atoms with Gasteiger partial charge in [0, 0.05) is 0 Å². The fraction of sp³-hybridized carbons (Fsp3) is 0. The van der Waals surface area contributed by atoms with Gasteiger partial charge in [-0.05, 0) is 78.9 Å². The van der Waals surface area contributed by atoms with E-state index in [-0.39, 0.29) is 33.9 Å². The molecular weight excluding hydrogens is 496 g/mol. The molecule has 0 aliphatic carbocycles. The van der Waals surface area contributed by atoms with E-state index in [0.29, 0.717) is 11.5 Å². The molecule has 3 N–H and O–H groups in total. The lowest BCUT2D eigenvalue weighted by Crippen LogP contribution is -2.14. The highest BCUT2D eigenvalue weighted by Gasteiger charge is 2.20. The Balaban J connectivity index is 1.38. The Morgan fingerprint density at radius 3 is 1.39 bits per heavy atom. The van der Waals surface area contributed by atoms with Gasteiger partial charge in [0.25, 0.3) is 0 Å². The Bertz CT molecular complexity index is 1520. The van der Waals surface area contributed by atoms with Crippen LogP contribution in [-0.4, -0.2) is 39.2 Å². The molecule has 0 amide bonds. The van der Waals surface area contributed by atoms with Gasteiger partial charge in [0.05, 0.1) is 22.3 Å². The molecular formula is C28H18O10. The maximum atomic E-state index is 12.4. The van der Waals surface area contributed by atoms with Crippen LogP contribution in [-0.2, 0) is 0 Å². The van der Waals surface area contributed by atoms with Crippen molar-refractivity contribution >= 4 is 23.9 Å². The number of ether oxygens (including phenoxy) is 3. The number of carbonyl (C=O) groups excluding carboxylic acids is 2. The van der Waals surface area contributed by atoms with Crippen LogP contribution in [0.1, 0.15) is 41.4 Å². The zero-order chi connectivity index (χ0) is 27.2. The van der Waals surface area contributed by atoms with Crippen molar-refractivity contribution in [1.82, 2.24) is 0 Å². The SMILES string of the molecule is O=C(O)c1ccccc1C(=O)Oc1ccc(Oc2ccc(OC(=O)c3ccc(O)cc3C(=O)O)cc2)cc1. The molecule has 0 unspecified atom stereocenters. The van der Waals surface area contributed by atoms with E-state index in [2.05, 4.69) is 0 Å². The Morgan fingerprint density at radius 1 is 0.500 bits per heavy atom. The Hall–Kier alpha value is -5.64. The average Bonchev–Trinajstić information content (AvgIpc) is 2.90. The summed E-state index contributed by atoms with van der Waals surface area (Å²) in [4.78, 5) is 47.5. The Kier molecular flexibility index (Phi) is 7.34. The van der Waals surface area contributed by atoms with Crippen LogP contribution in [0.2, 0.25) is 0 Å². The summed E-state index contributed by atoms with van der Waals surface area (Å²) in [6.07, 6.45) is 0. The van der Waals surface area contributed by atoms with Crippen LogP contribution >= 0.6 is 0 Å². The number of benzene rings is 4. The molecule has 4 aromatic carbocycles. The highest BCUT2D eigenvalue weighted by atomic mass is 16.5. The molecule has 0 fully saturated rings. The Morgan fingerprint density at radius 2 is 0.921 bits per heavy atom. The van der Waals surface area contributed by atoms with Crippen molar-refractivity contribution in [3.63, 3.8) is 0 Å². The number of esters is 2. The second kappa shape index (κ2) is 11.0. The van der Waals surface area contributed by atoms with Crippen molar-refractivity contribution in [3.05, 3.63) is 113 Å². The molecule has 38 heavy (non-hydrogen) atoms. The standard InChI is InChI=1S/C28H18O10/c29-16-5-14-23(24(15-16)26(32)33)28(35)38-20-12-8-18(9-13-20)36-17-6-10-19(11-7-17)37-27(34)22-4-2-1-3-21(22)25(30)31/h1-15,29H,(H,30,31)(H,32,33). The van der Waals surface area contributed by atoms with Crippen LogP contribution in [0.3, 0.4) is 0 Å². The van der Waals surface area contributed by atoms with Crippen LogP contribution in [0.25, 0.3) is 0 Å². The molecule has 10 nitrogen and oxygen atoms in total. The van der Waals surface area contributed by atoms with Gasteiger partial charge in [0.2, 0.25) is 0 Å². The summed E-state index contributed by atoms with van der Waals surface area (Å²) < 4.78 is 16.2. The van der Waals surface area contributed by atoms with Crippen molar-refractivity contribution in [2.45, 2.75) is 0 Å². The first-order valence-electron chi connectivity index (χ1n) is 10.9. The molecule has 0 aromatic heterocycles. The molecule has 10 heteroatoms. The van der Waals surface area contributed by atoms with Crippen molar-refractivity contribution in [2.24, 2.45) is 0 Å². The van der Waals surface area contributed by atoms with Gasteiger partial charge >= 0.3 is 23.9 Å². The number of carboxylic acids is 2. The lowest BCUT2D eigenvalue weighted by molar-refractivity contribution is 0.0666. The zero-order valence-corrected chi connectivity index (χ0v) is 19.4. The number of aromatic carboxylic acids is 2. The molecule has 190 valence electrons. The molecule has 0 atom stereocenters. The predicted molar refractivity (Wildman–Crippen MR) is 131 cm³/mol. The van der Waals surface area contributed by atoms with E-state index in [4.69, 9.17) is 14.2 Å². The van der Waals surface area contributed by atoms with Crippen LogP contribution < -0.4 is 14.2 Å². The maximum Gasteiger partial charge on any atom is 0.344 e. The minimum Gasteiger partial charge on any atom is -0.508 e. The number of carbonyl (C=O) groups is 4. The van der Waals surface area contributed by atoms with Gasteiger partial charge in [-0.3, -0.25) is 0 Å². The minimum atomic E-state index is -1.39. The summed E-state index contributed by atoms with van der Waals surface area (Å²) >= 11 is 0. The predicted octanol–water partition coefficient (Wildman–Crippen LogP) is 5.02. The molecule has 4 rings (SSSR count). The number of hydrogen-bond donors (Lipinski definition) is 3. The molecule has 0 bridgehead atoms. The molecule has 0 saturated heterocycles. The number of hydrogen-bond acceptors (Lipinski definition) is 8. The van der Waals surface area contributed by atoms with Gasteiger partial charge in [0.15, 0.2) is 0 Å². The molecule has 0 heterocycles. The third-order valence-electron chi connectivity index (χ3n) is 5.14.